The Morgan fingerprint density at radius 3 is 2.78 bits per heavy atom. The largest absolute Gasteiger partial charge is 0.460 e. The van der Waals surface area contributed by atoms with Gasteiger partial charge in [-0.15, -0.1) is 11.3 Å². The number of aryl methyl sites for hydroxylation is 2. The Kier molecular flexibility index (Phi) is 3.76. The molecule has 6 heteroatoms. The Morgan fingerprint density at radius 2 is 2.22 bits per heavy atom. The molecule has 0 fully saturated rings. The van der Waals surface area contributed by atoms with Crippen LogP contribution in [0.15, 0.2) is 9.80 Å². The van der Waals surface area contributed by atoms with Crippen LogP contribution in [-0.2, 0) is 11.2 Å². The summed E-state index contributed by atoms with van der Waals surface area (Å²) in [7, 11) is 0. The second-order valence-corrected chi connectivity index (χ2v) is 4.68. The molecular formula is C12H14N2O3S. The second-order valence-electron chi connectivity index (χ2n) is 3.62. The van der Waals surface area contributed by atoms with Crippen molar-refractivity contribution in [2.24, 2.45) is 0 Å². The number of hydrogen-bond donors (Lipinski definition) is 0. The van der Waals surface area contributed by atoms with Crippen molar-refractivity contribution in [3.05, 3.63) is 21.8 Å². The number of nitrogens with zero attached hydrogens (tertiary/aromatic N) is 2. The molecule has 0 radical (unpaired) electrons. The maximum Gasteiger partial charge on any atom is 0.376 e. The fraction of sp³-hybridized carbons (Fsp3) is 0.417. The van der Waals surface area contributed by atoms with Crippen LogP contribution in [-0.4, -0.2) is 22.5 Å². The normalized spacial score (nSPS) is 10.6. The zero-order chi connectivity index (χ0) is 13.1. The quantitative estimate of drug-likeness (QED) is 0.796. The van der Waals surface area contributed by atoms with Crippen LogP contribution >= 0.6 is 11.3 Å². The molecule has 0 aliphatic rings. The molecule has 0 unspecified atom stereocenters. The molecule has 0 atom stereocenters. The predicted molar refractivity (Wildman–Crippen MR) is 67.7 cm³/mol. The number of ether oxygens (including phenoxy) is 1. The SMILES string of the molecule is CCOC(=O)c1oc(-c2csc(C)n2)nc1CC. The first-order valence-electron chi connectivity index (χ1n) is 5.75. The molecule has 0 aromatic carbocycles. The van der Waals surface area contributed by atoms with Gasteiger partial charge in [-0.05, 0) is 20.3 Å². The van der Waals surface area contributed by atoms with E-state index in [1.807, 2.05) is 19.2 Å². The predicted octanol–water partition coefficient (Wildman–Crippen LogP) is 2.85. The van der Waals surface area contributed by atoms with E-state index in [1.54, 1.807) is 6.92 Å². The standard InChI is InChI=1S/C12H14N2O3S/c1-4-8-10(12(15)16-5-2)17-11(14-8)9-6-18-7(3)13-9/h6H,4-5H2,1-3H3. The van der Waals surface area contributed by atoms with Crippen molar-refractivity contribution >= 4 is 17.3 Å². The fourth-order valence-corrected chi connectivity index (χ4v) is 2.11. The maximum absolute atomic E-state index is 11.7. The van der Waals surface area contributed by atoms with E-state index >= 15 is 0 Å². The number of esters is 1. The summed E-state index contributed by atoms with van der Waals surface area (Å²) in [5, 5.41) is 2.79. The van der Waals surface area contributed by atoms with Crippen molar-refractivity contribution in [1.82, 2.24) is 9.97 Å². The molecule has 2 aromatic heterocycles. The zero-order valence-electron chi connectivity index (χ0n) is 10.5. The average molecular weight is 266 g/mol. The lowest BCUT2D eigenvalue weighted by Crippen LogP contribution is -2.05. The number of rotatable bonds is 4. The zero-order valence-corrected chi connectivity index (χ0v) is 11.3. The lowest BCUT2D eigenvalue weighted by molar-refractivity contribution is 0.0489. The van der Waals surface area contributed by atoms with Gasteiger partial charge < -0.3 is 9.15 Å². The smallest absolute Gasteiger partial charge is 0.376 e. The lowest BCUT2D eigenvalue weighted by atomic mass is 10.3. The van der Waals surface area contributed by atoms with E-state index in [-0.39, 0.29) is 5.76 Å². The van der Waals surface area contributed by atoms with Gasteiger partial charge in [0.05, 0.1) is 17.3 Å². The molecule has 18 heavy (non-hydrogen) atoms. The van der Waals surface area contributed by atoms with Gasteiger partial charge in [0.15, 0.2) is 0 Å². The molecule has 2 aromatic rings. The molecule has 0 saturated carbocycles. The summed E-state index contributed by atoms with van der Waals surface area (Å²) < 4.78 is 10.4. The van der Waals surface area contributed by atoms with Crippen molar-refractivity contribution in [2.75, 3.05) is 6.61 Å². The van der Waals surface area contributed by atoms with E-state index in [1.165, 1.54) is 11.3 Å². The molecule has 96 valence electrons. The highest BCUT2D eigenvalue weighted by molar-refractivity contribution is 7.09. The summed E-state index contributed by atoms with van der Waals surface area (Å²) in [6, 6.07) is 0. The van der Waals surface area contributed by atoms with Gasteiger partial charge in [-0.1, -0.05) is 6.92 Å². The summed E-state index contributed by atoms with van der Waals surface area (Å²) in [6.07, 6.45) is 0.612. The molecule has 2 rings (SSSR count). The number of carbonyl (C=O) groups is 1. The van der Waals surface area contributed by atoms with E-state index in [0.717, 1.165) is 5.01 Å². The molecule has 0 N–H and O–H groups in total. The van der Waals surface area contributed by atoms with Crippen LogP contribution in [0.5, 0.6) is 0 Å². The molecule has 0 aliphatic heterocycles. The molecule has 0 amide bonds. The Bertz CT molecular complexity index is 559. The minimum atomic E-state index is -0.472. The molecule has 2 heterocycles. The minimum absolute atomic E-state index is 0.181. The Hall–Kier alpha value is -1.69. The number of thiazole rings is 1. The maximum atomic E-state index is 11.7. The van der Waals surface area contributed by atoms with Crippen LogP contribution in [0.25, 0.3) is 11.6 Å². The third-order valence-electron chi connectivity index (χ3n) is 2.33. The third-order valence-corrected chi connectivity index (χ3v) is 3.10. The fourth-order valence-electron chi connectivity index (χ4n) is 1.52. The highest BCUT2D eigenvalue weighted by Gasteiger charge is 2.21. The summed E-state index contributed by atoms with van der Waals surface area (Å²) >= 11 is 1.51. The highest BCUT2D eigenvalue weighted by Crippen LogP contribution is 2.24. The van der Waals surface area contributed by atoms with Crippen molar-refractivity contribution in [1.29, 1.82) is 0 Å². The molecule has 0 saturated heterocycles. The van der Waals surface area contributed by atoms with E-state index in [2.05, 4.69) is 9.97 Å². The first-order valence-corrected chi connectivity index (χ1v) is 6.63. The minimum Gasteiger partial charge on any atom is -0.460 e. The number of carbonyl (C=O) groups excluding carboxylic acids is 1. The molecule has 0 aliphatic carbocycles. The lowest BCUT2D eigenvalue weighted by Gasteiger charge is -1.98. The summed E-state index contributed by atoms with van der Waals surface area (Å²) in [5.74, 6) is 0.0827. The molecule has 5 nitrogen and oxygen atoms in total. The van der Waals surface area contributed by atoms with Gasteiger partial charge in [0, 0.05) is 5.38 Å². The summed E-state index contributed by atoms with van der Waals surface area (Å²) in [5.41, 5.74) is 1.26. The monoisotopic (exact) mass is 266 g/mol. The van der Waals surface area contributed by atoms with Crippen molar-refractivity contribution in [3.8, 4) is 11.6 Å². The summed E-state index contributed by atoms with van der Waals surface area (Å²) in [4.78, 5) is 20.3. The number of aromatic nitrogens is 2. The highest BCUT2D eigenvalue weighted by atomic mass is 32.1. The Morgan fingerprint density at radius 1 is 1.44 bits per heavy atom. The average Bonchev–Trinajstić information content (AvgIpc) is 2.94. The second kappa shape index (κ2) is 5.30. The van der Waals surface area contributed by atoms with Crippen LogP contribution in [0.1, 0.15) is 35.1 Å². The van der Waals surface area contributed by atoms with Crippen LogP contribution < -0.4 is 0 Å². The van der Waals surface area contributed by atoms with Crippen LogP contribution in [0.3, 0.4) is 0 Å². The molecular weight excluding hydrogens is 252 g/mol. The van der Waals surface area contributed by atoms with Crippen LogP contribution in [0.2, 0.25) is 0 Å². The van der Waals surface area contributed by atoms with Gasteiger partial charge in [-0.25, -0.2) is 14.8 Å². The number of hydrogen-bond acceptors (Lipinski definition) is 6. The van der Waals surface area contributed by atoms with E-state index in [4.69, 9.17) is 9.15 Å². The van der Waals surface area contributed by atoms with E-state index in [9.17, 15) is 4.79 Å². The van der Waals surface area contributed by atoms with Crippen molar-refractivity contribution in [3.63, 3.8) is 0 Å². The van der Waals surface area contributed by atoms with Gasteiger partial charge in [-0.2, -0.15) is 0 Å². The first kappa shape index (κ1) is 12.8. The van der Waals surface area contributed by atoms with E-state index < -0.39 is 5.97 Å². The van der Waals surface area contributed by atoms with Crippen LogP contribution in [0, 0.1) is 6.92 Å². The van der Waals surface area contributed by atoms with Crippen molar-refractivity contribution in [2.45, 2.75) is 27.2 Å². The van der Waals surface area contributed by atoms with E-state index in [0.29, 0.717) is 30.3 Å². The first-order chi connectivity index (χ1) is 8.65. The molecule has 0 bridgehead atoms. The van der Waals surface area contributed by atoms with Gasteiger partial charge in [0.2, 0.25) is 11.7 Å². The summed E-state index contributed by atoms with van der Waals surface area (Å²) in [6.45, 7) is 5.89. The Labute approximate surface area is 109 Å². The van der Waals surface area contributed by atoms with Crippen LogP contribution in [0.4, 0.5) is 0 Å². The van der Waals surface area contributed by atoms with Gasteiger partial charge in [-0.3, -0.25) is 0 Å². The van der Waals surface area contributed by atoms with Gasteiger partial charge in [0.25, 0.3) is 0 Å². The topological polar surface area (TPSA) is 65.2 Å². The Balaban J connectivity index is 2.37. The van der Waals surface area contributed by atoms with Gasteiger partial charge >= 0.3 is 5.97 Å². The van der Waals surface area contributed by atoms with Crippen molar-refractivity contribution < 1.29 is 13.9 Å². The van der Waals surface area contributed by atoms with Gasteiger partial charge in [0.1, 0.15) is 5.69 Å². The third kappa shape index (κ3) is 2.43. The number of oxazole rings is 1. The molecule has 0 spiro atoms.